The van der Waals surface area contributed by atoms with Gasteiger partial charge in [0.05, 0.1) is 0 Å². The summed E-state index contributed by atoms with van der Waals surface area (Å²) in [5, 5.41) is 2.83. The number of halogens is 1. The second-order valence-electron chi connectivity index (χ2n) is 5.84. The van der Waals surface area contributed by atoms with Gasteiger partial charge in [0, 0.05) is 35.6 Å². The van der Waals surface area contributed by atoms with Gasteiger partial charge in [-0.15, -0.1) is 0 Å². The Kier molecular flexibility index (Phi) is 4.94. The molecule has 24 heavy (non-hydrogen) atoms. The SMILES string of the molecule is Cc1ccc(Br)cc1N1CC[C@@H](C(=O)NCc2cccnc2)C1=O. The van der Waals surface area contributed by atoms with E-state index in [0.29, 0.717) is 19.5 Å². The van der Waals surface area contributed by atoms with E-state index in [-0.39, 0.29) is 11.8 Å². The molecule has 124 valence electrons. The molecule has 1 aliphatic rings. The zero-order valence-electron chi connectivity index (χ0n) is 13.3. The predicted octanol–water partition coefficient (Wildman–Crippen LogP) is 2.82. The Hall–Kier alpha value is -2.21. The molecule has 2 amide bonds. The highest BCUT2D eigenvalue weighted by atomic mass is 79.9. The lowest BCUT2D eigenvalue weighted by Gasteiger charge is -2.19. The van der Waals surface area contributed by atoms with Crippen LogP contribution in [0, 0.1) is 12.8 Å². The number of carbonyl (C=O) groups excluding carboxylic acids is 2. The Bertz CT molecular complexity index is 764. The van der Waals surface area contributed by atoms with Crippen molar-refractivity contribution in [3.63, 3.8) is 0 Å². The minimum Gasteiger partial charge on any atom is -0.351 e. The number of pyridine rings is 1. The molecule has 0 radical (unpaired) electrons. The van der Waals surface area contributed by atoms with Crippen LogP contribution in [-0.2, 0) is 16.1 Å². The third kappa shape index (κ3) is 3.48. The highest BCUT2D eigenvalue weighted by molar-refractivity contribution is 9.10. The van der Waals surface area contributed by atoms with E-state index < -0.39 is 5.92 Å². The molecule has 1 N–H and O–H groups in total. The minimum absolute atomic E-state index is 0.139. The predicted molar refractivity (Wildman–Crippen MR) is 95.4 cm³/mol. The van der Waals surface area contributed by atoms with Crippen LogP contribution in [0.2, 0.25) is 0 Å². The van der Waals surface area contributed by atoms with Crippen LogP contribution in [0.5, 0.6) is 0 Å². The standard InChI is InChI=1S/C18H18BrN3O2/c1-12-4-5-14(19)9-16(12)22-8-6-15(18(22)24)17(23)21-11-13-3-2-7-20-10-13/h2-5,7,9-10,15H,6,8,11H2,1H3,(H,21,23)/t15-/m0/s1. The second kappa shape index (κ2) is 7.13. The quantitative estimate of drug-likeness (QED) is 0.820. The summed E-state index contributed by atoms with van der Waals surface area (Å²) in [5.74, 6) is -0.987. The zero-order valence-corrected chi connectivity index (χ0v) is 14.9. The molecule has 1 aromatic heterocycles. The molecule has 0 spiro atoms. The van der Waals surface area contributed by atoms with E-state index >= 15 is 0 Å². The van der Waals surface area contributed by atoms with Crippen molar-refractivity contribution in [2.45, 2.75) is 19.9 Å². The molecule has 1 atom stereocenters. The van der Waals surface area contributed by atoms with Gasteiger partial charge in [0.1, 0.15) is 5.92 Å². The molecule has 0 saturated carbocycles. The van der Waals surface area contributed by atoms with E-state index in [1.165, 1.54) is 0 Å². The van der Waals surface area contributed by atoms with Crippen molar-refractivity contribution in [2.24, 2.45) is 5.92 Å². The van der Waals surface area contributed by atoms with E-state index in [2.05, 4.69) is 26.2 Å². The van der Waals surface area contributed by atoms with Gasteiger partial charge in [-0.25, -0.2) is 0 Å². The molecule has 2 aromatic rings. The van der Waals surface area contributed by atoms with Gasteiger partial charge in [-0.2, -0.15) is 0 Å². The average Bonchev–Trinajstić information content (AvgIpc) is 2.97. The molecule has 0 aliphatic carbocycles. The topological polar surface area (TPSA) is 62.3 Å². The summed E-state index contributed by atoms with van der Waals surface area (Å²) in [5.41, 5.74) is 2.79. The molecular formula is C18H18BrN3O2. The Morgan fingerprint density at radius 3 is 3.00 bits per heavy atom. The number of carbonyl (C=O) groups is 2. The molecule has 5 nitrogen and oxygen atoms in total. The fourth-order valence-corrected chi connectivity index (χ4v) is 3.20. The van der Waals surface area contributed by atoms with Crippen molar-refractivity contribution >= 4 is 33.4 Å². The van der Waals surface area contributed by atoms with Crippen LogP contribution < -0.4 is 10.2 Å². The summed E-state index contributed by atoms with van der Waals surface area (Å²) >= 11 is 3.43. The van der Waals surface area contributed by atoms with Crippen molar-refractivity contribution < 1.29 is 9.59 Å². The van der Waals surface area contributed by atoms with Crippen LogP contribution in [-0.4, -0.2) is 23.3 Å². The molecule has 2 heterocycles. The Labute approximate surface area is 149 Å². The van der Waals surface area contributed by atoms with Crippen LogP contribution in [0.4, 0.5) is 5.69 Å². The average molecular weight is 388 g/mol. The first-order valence-corrected chi connectivity index (χ1v) is 8.59. The van der Waals surface area contributed by atoms with Crippen LogP contribution in [0.25, 0.3) is 0 Å². The van der Waals surface area contributed by atoms with Crippen molar-refractivity contribution in [2.75, 3.05) is 11.4 Å². The summed E-state index contributed by atoms with van der Waals surface area (Å²) in [4.78, 5) is 30.7. The maximum atomic E-state index is 12.7. The molecular weight excluding hydrogens is 370 g/mol. The van der Waals surface area contributed by atoms with Crippen molar-refractivity contribution in [1.82, 2.24) is 10.3 Å². The van der Waals surface area contributed by atoms with Crippen LogP contribution in [0.1, 0.15) is 17.5 Å². The van der Waals surface area contributed by atoms with Crippen LogP contribution in [0.3, 0.4) is 0 Å². The summed E-state index contributed by atoms with van der Waals surface area (Å²) in [6.45, 7) is 2.90. The lowest BCUT2D eigenvalue weighted by molar-refractivity contribution is -0.132. The number of hydrogen-bond donors (Lipinski definition) is 1. The minimum atomic E-state index is -0.625. The van der Waals surface area contributed by atoms with Crippen molar-refractivity contribution in [3.8, 4) is 0 Å². The smallest absolute Gasteiger partial charge is 0.239 e. The number of nitrogens with one attached hydrogen (secondary N) is 1. The number of amides is 2. The number of aromatic nitrogens is 1. The van der Waals surface area contributed by atoms with Gasteiger partial charge in [0.15, 0.2) is 0 Å². The van der Waals surface area contributed by atoms with Crippen molar-refractivity contribution in [1.29, 1.82) is 0 Å². The monoisotopic (exact) mass is 387 g/mol. The van der Waals surface area contributed by atoms with E-state index in [1.54, 1.807) is 17.3 Å². The summed E-state index contributed by atoms with van der Waals surface area (Å²) in [6, 6.07) is 9.53. The highest BCUT2D eigenvalue weighted by Gasteiger charge is 2.37. The fourth-order valence-electron chi connectivity index (χ4n) is 2.85. The van der Waals surface area contributed by atoms with E-state index in [4.69, 9.17) is 0 Å². The Morgan fingerprint density at radius 1 is 1.42 bits per heavy atom. The second-order valence-corrected chi connectivity index (χ2v) is 6.76. The molecule has 1 saturated heterocycles. The number of aryl methyl sites for hydroxylation is 1. The maximum Gasteiger partial charge on any atom is 0.239 e. The Balaban J connectivity index is 1.67. The number of benzene rings is 1. The van der Waals surface area contributed by atoms with Gasteiger partial charge in [0.25, 0.3) is 0 Å². The number of hydrogen-bond acceptors (Lipinski definition) is 3. The first-order chi connectivity index (χ1) is 11.6. The Morgan fingerprint density at radius 2 is 2.25 bits per heavy atom. The molecule has 1 aromatic carbocycles. The van der Waals surface area contributed by atoms with Gasteiger partial charge in [0.2, 0.25) is 11.8 Å². The number of rotatable bonds is 4. The lowest BCUT2D eigenvalue weighted by atomic mass is 10.1. The fraction of sp³-hybridized carbons (Fsp3) is 0.278. The highest BCUT2D eigenvalue weighted by Crippen LogP contribution is 2.30. The summed E-state index contributed by atoms with van der Waals surface area (Å²) in [7, 11) is 0. The van der Waals surface area contributed by atoms with Gasteiger partial charge in [-0.3, -0.25) is 14.6 Å². The lowest BCUT2D eigenvalue weighted by Crippen LogP contribution is -2.36. The zero-order chi connectivity index (χ0) is 17.1. The largest absolute Gasteiger partial charge is 0.351 e. The first-order valence-electron chi connectivity index (χ1n) is 7.80. The van der Waals surface area contributed by atoms with E-state index in [1.807, 2.05) is 37.3 Å². The number of anilines is 1. The third-order valence-electron chi connectivity index (χ3n) is 4.17. The van der Waals surface area contributed by atoms with Gasteiger partial charge in [-0.05, 0) is 42.7 Å². The van der Waals surface area contributed by atoms with E-state index in [0.717, 1.165) is 21.3 Å². The molecule has 0 bridgehead atoms. The van der Waals surface area contributed by atoms with Crippen LogP contribution in [0.15, 0.2) is 47.2 Å². The summed E-state index contributed by atoms with van der Waals surface area (Å²) < 4.78 is 0.917. The van der Waals surface area contributed by atoms with Gasteiger partial charge >= 0.3 is 0 Å². The molecule has 6 heteroatoms. The van der Waals surface area contributed by atoms with Crippen molar-refractivity contribution in [3.05, 3.63) is 58.3 Å². The maximum absolute atomic E-state index is 12.7. The first kappa shape index (κ1) is 16.6. The molecule has 1 fully saturated rings. The third-order valence-corrected chi connectivity index (χ3v) is 4.67. The molecule has 1 aliphatic heterocycles. The van der Waals surface area contributed by atoms with E-state index in [9.17, 15) is 9.59 Å². The summed E-state index contributed by atoms with van der Waals surface area (Å²) in [6.07, 6.45) is 3.92. The molecule has 0 unspecified atom stereocenters. The number of nitrogens with zero attached hydrogens (tertiary/aromatic N) is 2. The van der Waals surface area contributed by atoms with Gasteiger partial charge < -0.3 is 10.2 Å². The van der Waals surface area contributed by atoms with Gasteiger partial charge in [-0.1, -0.05) is 28.1 Å². The normalized spacial score (nSPS) is 17.2. The van der Waals surface area contributed by atoms with Crippen LogP contribution >= 0.6 is 15.9 Å². The molecule has 3 rings (SSSR count).